The fourth-order valence-corrected chi connectivity index (χ4v) is 1.29. The maximum Gasteiger partial charge on any atom is 0.0771 e. The van der Waals surface area contributed by atoms with Crippen molar-refractivity contribution in [3.05, 3.63) is 42.1 Å². The van der Waals surface area contributed by atoms with E-state index in [4.69, 9.17) is 5.21 Å². The largest absolute Gasteiger partial charge is 0.411 e. The first-order chi connectivity index (χ1) is 6.92. The van der Waals surface area contributed by atoms with Gasteiger partial charge in [-0.15, -0.1) is 0 Å². The van der Waals surface area contributed by atoms with Crippen molar-refractivity contribution < 1.29 is 5.21 Å². The van der Waals surface area contributed by atoms with Crippen molar-refractivity contribution in [1.82, 2.24) is 10.2 Å². The zero-order valence-corrected chi connectivity index (χ0v) is 7.38. The third-order valence-corrected chi connectivity index (χ3v) is 1.93. The highest BCUT2D eigenvalue weighted by molar-refractivity contribution is 5.87. The molecule has 4 heteroatoms. The number of hydrogen-bond donors (Lipinski definition) is 2. The van der Waals surface area contributed by atoms with Crippen molar-refractivity contribution in [3.8, 4) is 11.3 Å². The summed E-state index contributed by atoms with van der Waals surface area (Å²) in [4.78, 5) is 0. The Labute approximate surface area is 80.9 Å². The lowest BCUT2D eigenvalue weighted by Gasteiger charge is -1.97. The Hall–Kier alpha value is -2.10. The fourth-order valence-electron chi connectivity index (χ4n) is 1.29. The molecular weight excluding hydrogens is 178 g/mol. The van der Waals surface area contributed by atoms with E-state index in [1.165, 1.54) is 6.21 Å². The normalized spacial score (nSPS) is 10.9. The number of aromatic amines is 1. The van der Waals surface area contributed by atoms with Crippen molar-refractivity contribution in [3.63, 3.8) is 0 Å². The lowest BCUT2D eigenvalue weighted by Crippen LogP contribution is -1.84. The van der Waals surface area contributed by atoms with Gasteiger partial charge in [-0.05, 0) is 0 Å². The standard InChI is InChI=1S/C10H9N3O/c14-12-7-9-6-11-13-10(9)8-4-2-1-3-5-8/h1-7,14H,(H,11,13)/b12-7-. The summed E-state index contributed by atoms with van der Waals surface area (Å²) in [5, 5.41) is 18.2. The van der Waals surface area contributed by atoms with Crippen LogP contribution < -0.4 is 0 Å². The molecule has 0 spiro atoms. The van der Waals surface area contributed by atoms with Crippen LogP contribution in [-0.4, -0.2) is 21.6 Å². The summed E-state index contributed by atoms with van der Waals surface area (Å²) in [6, 6.07) is 9.75. The lowest BCUT2D eigenvalue weighted by molar-refractivity contribution is 0.322. The second-order valence-corrected chi connectivity index (χ2v) is 2.81. The zero-order valence-electron chi connectivity index (χ0n) is 7.38. The number of hydrogen-bond acceptors (Lipinski definition) is 3. The smallest absolute Gasteiger partial charge is 0.0771 e. The van der Waals surface area contributed by atoms with Crippen LogP contribution in [0.2, 0.25) is 0 Å². The maximum absolute atomic E-state index is 8.44. The topological polar surface area (TPSA) is 61.3 Å². The van der Waals surface area contributed by atoms with Crippen LogP contribution in [0.3, 0.4) is 0 Å². The Bertz CT molecular complexity index is 434. The molecule has 0 aliphatic rings. The van der Waals surface area contributed by atoms with E-state index in [1.807, 2.05) is 30.3 Å². The lowest BCUT2D eigenvalue weighted by atomic mass is 10.1. The van der Waals surface area contributed by atoms with Gasteiger partial charge in [-0.25, -0.2) is 0 Å². The third kappa shape index (κ3) is 1.50. The minimum atomic E-state index is 0.763. The van der Waals surface area contributed by atoms with E-state index in [-0.39, 0.29) is 0 Å². The SMILES string of the molecule is O/N=C\c1cn[nH]c1-c1ccccc1. The average Bonchev–Trinajstić information content (AvgIpc) is 2.68. The van der Waals surface area contributed by atoms with Crippen molar-refractivity contribution >= 4 is 6.21 Å². The second-order valence-electron chi connectivity index (χ2n) is 2.81. The van der Waals surface area contributed by atoms with Crippen LogP contribution in [0.5, 0.6) is 0 Å². The van der Waals surface area contributed by atoms with Gasteiger partial charge in [-0.1, -0.05) is 35.5 Å². The summed E-state index contributed by atoms with van der Waals surface area (Å²) in [5.41, 5.74) is 2.63. The number of H-pyrrole nitrogens is 1. The third-order valence-electron chi connectivity index (χ3n) is 1.93. The summed E-state index contributed by atoms with van der Waals surface area (Å²) >= 11 is 0. The molecule has 4 nitrogen and oxygen atoms in total. The predicted molar refractivity (Wildman–Crippen MR) is 53.4 cm³/mol. The van der Waals surface area contributed by atoms with Crippen molar-refractivity contribution in [2.45, 2.75) is 0 Å². The van der Waals surface area contributed by atoms with Crippen LogP contribution in [0.1, 0.15) is 5.56 Å². The number of benzene rings is 1. The van der Waals surface area contributed by atoms with Crippen molar-refractivity contribution in [2.24, 2.45) is 5.16 Å². The van der Waals surface area contributed by atoms with Crippen molar-refractivity contribution in [1.29, 1.82) is 0 Å². The first kappa shape index (κ1) is 8.50. The Morgan fingerprint density at radius 2 is 2.07 bits per heavy atom. The molecule has 1 heterocycles. The van der Waals surface area contributed by atoms with Crippen molar-refractivity contribution in [2.75, 3.05) is 0 Å². The molecule has 0 unspecified atom stereocenters. The Kier molecular flexibility index (Phi) is 2.27. The highest BCUT2D eigenvalue weighted by Gasteiger charge is 2.04. The molecule has 0 saturated carbocycles. The molecule has 0 radical (unpaired) electrons. The molecule has 1 aromatic carbocycles. The Balaban J connectivity index is 2.47. The summed E-state index contributed by atoms with van der Waals surface area (Å²) < 4.78 is 0. The Morgan fingerprint density at radius 1 is 1.29 bits per heavy atom. The molecule has 2 N–H and O–H groups in total. The molecule has 0 amide bonds. The first-order valence-electron chi connectivity index (χ1n) is 4.18. The summed E-state index contributed by atoms with van der Waals surface area (Å²) in [6.45, 7) is 0. The van der Waals surface area contributed by atoms with Gasteiger partial charge in [0.05, 0.1) is 18.1 Å². The minimum absolute atomic E-state index is 0.763. The van der Waals surface area contributed by atoms with Gasteiger partial charge in [0.15, 0.2) is 0 Å². The van der Waals surface area contributed by atoms with Crippen LogP contribution in [0.4, 0.5) is 0 Å². The number of rotatable bonds is 2. The van der Waals surface area contributed by atoms with Gasteiger partial charge < -0.3 is 5.21 Å². The molecule has 2 aromatic rings. The molecule has 1 aromatic heterocycles. The Morgan fingerprint density at radius 3 is 2.79 bits per heavy atom. The van der Waals surface area contributed by atoms with E-state index >= 15 is 0 Å². The number of aromatic nitrogens is 2. The van der Waals surface area contributed by atoms with Gasteiger partial charge in [0, 0.05) is 11.1 Å². The van der Waals surface area contributed by atoms with Crippen LogP contribution >= 0.6 is 0 Å². The summed E-state index contributed by atoms with van der Waals surface area (Å²) in [7, 11) is 0. The summed E-state index contributed by atoms with van der Waals surface area (Å²) in [6.07, 6.45) is 2.97. The summed E-state index contributed by atoms with van der Waals surface area (Å²) in [5.74, 6) is 0. The molecule has 0 atom stereocenters. The van der Waals surface area contributed by atoms with Gasteiger partial charge >= 0.3 is 0 Å². The second kappa shape index (κ2) is 3.74. The van der Waals surface area contributed by atoms with Crippen LogP contribution in [0.15, 0.2) is 41.7 Å². The first-order valence-corrected chi connectivity index (χ1v) is 4.18. The van der Waals surface area contributed by atoms with Gasteiger partial charge in [0.25, 0.3) is 0 Å². The number of nitrogens with one attached hydrogen (secondary N) is 1. The molecule has 0 bridgehead atoms. The van der Waals surface area contributed by atoms with Crippen LogP contribution in [-0.2, 0) is 0 Å². The molecule has 0 fully saturated rings. The molecule has 70 valence electrons. The number of nitrogens with zero attached hydrogens (tertiary/aromatic N) is 2. The molecule has 0 aliphatic carbocycles. The molecular formula is C10H9N3O. The fraction of sp³-hybridized carbons (Fsp3) is 0. The average molecular weight is 187 g/mol. The van der Waals surface area contributed by atoms with Crippen LogP contribution in [0, 0.1) is 0 Å². The maximum atomic E-state index is 8.44. The van der Waals surface area contributed by atoms with E-state index in [0.717, 1.165) is 16.8 Å². The van der Waals surface area contributed by atoms with Gasteiger partial charge in [0.2, 0.25) is 0 Å². The molecule has 14 heavy (non-hydrogen) atoms. The molecule has 2 rings (SSSR count). The van der Waals surface area contributed by atoms with E-state index in [9.17, 15) is 0 Å². The van der Waals surface area contributed by atoms with Gasteiger partial charge in [0.1, 0.15) is 0 Å². The zero-order chi connectivity index (χ0) is 9.80. The van der Waals surface area contributed by atoms with E-state index in [1.54, 1.807) is 6.20 Å². The minimum Gasteiger partial charge on any atom is -0.411 e. The number of oxime groups is 1. The van der Waals surface area contributed by atoms with Gasteiger partial charge in [-0.2, -0.15) is 5.10 Å². The highest BCUT2D eigenvalue weighted by atomic mass is 16.4. The van der Waals surface area contributed by atoms with E-state index < -0.39 is 0 Å². The van der Waals surface area contributed by atoms with E-state index in [2.05, 4.69) is 15.4 Å². The monoisotopic (exact) mass is 187 g/mol. The van der Waals surface area contributed by atoms with Crippen LogP contribution in [0.25, 0.3) is 11.3 Å². The highest BCUT2D eigenvalue weighted by Crippen LogP contribution is 2.18. The molecule has 0 saturated heterocycles. The van der Waals surface area contributed by atoms with Gasteiger partial charge in [-0.3, -0.25) is 5.10 Å². The molecule has 0 aliphatic heterocycles. The van der Waals surface area contributed by atoms with E-state index in [0.29, 0.717) is 0 Å². The quantitative estimate of drug-likeness (QED) is 0.428. The predicted octanol–water partition coefficient (Wildman–Crippen LogP) is 1.88.